The highest BCUT2D eigenvalue weighted by Crippen LogP contribution is 2.47. The second-order valence-electron chi connectivity index (χ2n) is 6.80. The van der Waals surface area contributed by atoms with Crippen LogP contribution in [-0.2, 0) is 16.0 Å². The van der Waals surface area contributed by atoms with Crippen LogP contribution < -0.4 is 0 Å². The second kappa shape index (κ2) is 6.83. The molecule has 1 heterocycles. The summed E-state index contributed by atoms with van der Waals surface area (Å²) in [5, 5.41) is 10.6. The van der Waals surface area contributed by atoms with Crippen LogP contribution in [0.4, 0.5) is 0 Å². The fourth-order valence-electron chi connectivity index (χ4n) is 3.92. The summed E-state index contributed by atoms with van der Waals surface area (Å²) in [6, 6.07) is 11.4. The topological polar surface area (TPSA) is 72.3 Å². The molecule has 27 heavy (non-hydrogen) atoms. The van der Waals surface area contributed by atoms with Gasteiger partial charge in [-0.15, -0.1) is 0 Å². The van der Waals surface area contributed by atoms with Crippen LogP contribution in [0.1, 0.15) is 29.5 Å². The van der Waals surface area contributed by atoms with Gasteiger partial charge in [0.2, 0.25) is 0 Å². The number of rotatable bonds is 3. The fraction of sp³-hybridized carbons (Fsp3) is 0.227. The maximum atomic E-state index is 11.4. The highest BCUT2D eigenvalue weighted by molar-refractivity contribution is 5.84. The second-order valence-corrected chi connectivity index (χ2v) is 6.80. The van der Waals surface area contributed by atoms with Crippen LogP contribution in [0.25, 0.3) is 22.5 Å². The molecule has 1 aromatic heterocycles. The van der Waals surface area contributed by atoms with E-state index in [0.29, 0.717) is 12.2 Å². The van der Waals surface area contributed by atoms with E-state index in [1.54, 1.807) is 24.5 Å². The van der Waals surface area contributed by atoms with Crippen molar-refractivity contribution < 1.29 is 14.6 Å². The molecule has 1 unspecified atom stereocenters. The Morgan fingerprint density at radius 3 is 2.63 bits per heavy atom. The Balaban J connectivity index is 1.93. The number of fused-ring (bicyclic) bond motifs is 3. The summed E-state index contributed by atoms with van der Waals surface area (Å²) in [5.74, 6) is 0.542. The van der Waals surface area contributed by atoms with Crippen LogP contribution in [0.3, 0.4) is 0 Å². The maximum absolute atomic E-state index is 11.4. The van der Waals surface area contributed by atoms with Crippen LogP contribution in [0.5, 0.6) is 5.75 Å². The molecule has 5 nitrogen and oxygen atoms in total. The van der Waals surface area contributed by atoms with Crippen molar-refractivity contribution in [3.8, 4) is 28.3 Å². The molecule has 1 aliphatic carbocycles. The first kappa shape index (κ1) is 17.2. The van der Waals surface area contributed by atoms with Gasteiger partial charge in [0.1, 0.15) is 5.75 Å². The minimum Gasteiger partial charge on any atom is -0.507 e. The summed E-state index contributed by atoms with van der Waals surface area (Å²) in [6.45, 7) is 3.71. The molecule has 2 aromatic carbocycles. The zero-order chi connectivity index (χ0) is 19.0. The zero-order valence-electron chi connectivity index (χ0n) is 15.3. The van der Waals surface area contributed by atoms with Crippen molar-refractivity contribution >= 4 is 5.97 Å². The highest BCUT2D eigenvalue weighted by atomic mass is 16.5. The number of esters is 1. The monoisotopic (exact) mass is 360 g/mol. The van der Waals surface area contributed by atoms with E-state index < -0.39 is 0 Å². The van der Waals surface area contributed by atoms with E-state index in [1.165, 1.54) is 6.92 Å². The molecule has 0 aliphatic heterocycles. The van der Waals surface area contributed by atoms with Crippen molar-refractivity contribution in [2.75, 3.05) is 6.61 Å². The third-order valence-electron chi connectivity index (χ3n) is 5.04. The molecule has 3 aromatic rings. The normalized spacial score (nSPS) is 15.0. The SMILES string of the molecule is CC(=O)OCC1Cc2c(-c3ncccn3)cccc2-c2c(O)ccc(C)c21. The van der Waals surface area contributed by atoms with Crippen LogP contribution in [0, 0.1) is 6.92 Å². The number of carbonyl (C=O) groups is 1. The lowest BCUT2D eigenvalue weighted by Crippen LogP contribution is -2.20. The van der Waals surface area contributed by atoms with E-state index in [0.717, 1.165) is 33.4 Å². The van der Waals surface area contributed by atoms with Gasteiger partial charge < -0.3 is 9.84 Å². The molecule has 0 bridgehead atoms. The molecule has 0 radical (unpaired) electrons. The Hall–Kier alpha value is -3.21. The van der Waals surface area contributed by atoms with Gasteiger partial charge in [0, 0.05) is 36.4 Å². The van der Waals surface area contributed by atoms with Gasteiger partial charge in [-0.05, 0) is 47.7 Å². The molecular weight excluding hydrogens is 340 g/mol. The van der Waals surface area contributed by atoms with E-state index in [1.807, 2.05) is 31.2 Å². The summed E-state index contributed by atoms with van der Waals surface area (Å²) >= 11 is 0. The Morgan fingerprint density at radius 1 is 1.15 bits per heavy atom. The third kappa shape index (κ3) is 3.05. The molecule has 0 amide bonds. The van der Waals surface area contributed by atoms with Gasteiger partial charge in [-0.1, -0.05) is 24.3 Å². The van der Waals surface area contributed by atoms with E-state index >= 15 is 0 Å². The third-order valence-corrected chi connectivity index (χ3v) is 5.04. The number of benzene rings is 2. The average Bonchev–Trinajstić information content (AvgIpc) is 2.68. The number of aromatic nitrogens is 2. The molecule has 0 saturated heterocycles. The van der Waals surface area contributed by atoms with Gasteiger partial charge in [-0.3, -0.25) is 4.79 Å². The van der Waals surface area contributed by atoms with Crippen molar-refractivity contribution in [2.24, 2.45) is 0 Å². The standard InChI is InChI=1S/C22H20N2O3/c1-13-7-8-19(26)21-16-5-3-6-17(22-23-9-4-10-24-22)18(16)11-15(20(13)21)12-27-14(2)25/h3-10,15,26H,11-12H2,1-2H3. The van der Waals surface area contributed by atoms with Crippen LogP contribution in [0.15, 0.2) is 48.8 Å². The number of aromatic hydroxyl groups is 1. The quantitative estimate of drug-likeness (QED) is 0.714. The Morgan fingerprint density at radius 2 is 1.89 bits per heavy atom. The van der Waals surface area contributed by atoms with Gasteiger partial charge in [-0.2, -0.15) is 0 Å². The van der Waals surface area contributed by atoms with Crippen molar-refractivity contribution in [2.45, 2.75) is 26.2 Å². The molecule has 1 N–H and O–H groups in total. The van der Waals surface area contributed by atoms with Crippen molar-refractivity contribution in [1.82, 2.24) is 9.97 Å². The predicted molar refractivity (Wildman–Crippen MR) is 102 cm³/mol. The Labute approximate surface area is 157 Å². The van der Waals surface area contributed by atoms with Gasteiger partial charge in [-0.25, -0.2) is 9.97 Å². The summed E-state index contributed by atoms with van der Waals surface area (Å²) in [5.41, 5.74) is 5.91. The number of nitrogens with zero attached hydrogens (tertiary/aromatic N) is 2. The van der Waals surface area contributed by atoms with E-state index in [2.05, 4.69) is 9.97 Å². The number of hydrogen-bond acceptors (Lipinski definition) is 5. The number of phenols is 1. The van der Waals surface area contributed by atoms with Crippen LogP contribution in [0.2, 0.25) is 0 Å². The zero-order valence-corrected chi connectivity index (χ0v) is 15.3. The molecule has 0 fully saturated rings. The number of phenolic OH excluding ortho intramolecular Hbond substituents is 1. The molecule has 1 atom stereocenters. The van der Waals surface area contributed by atoms with Crippen LogP contribution >= 0.6 is 0 Å². The molecule has 4 rings (SSSR count). The average molecular weight is 360 g/mol. The van der Waals surface area contributed by atoms with Gasteiger partial charge in [0.25, 0.3) is 0 Å². The number of carbonyl (C=O) groups excluding carboxylic acids is 1. The molecule has 1 aliphatic rings. The lowest BCUT2D eigenvalue weighted by atomic mass is 9.75. The van der Waals surface area contributed by atoms with E-state index in [4.69, 9.17) is 4.74 Å². The van der Waals surface area contributed by atoms with Crippen LogP contribution in [-0.4, -0.2) is 27.7 Å². The van der Waals surface area contributed by atoms with Gasteiger partial charge in [0.15, 0.2) is 5.82 Å². The first-order chi connectivity index (χ1) is 13.1. The minimum absolute atomic E-state index is 0.0339. The van der Waals surface area contributed by atoms with Gasteiger partial charge >= 0.3 is 5.97 Å². The summed E-state index contributed by atoms with van der Waals surface area (Å²) < 4.78 is 5.34. The first-order valence-corrected chi connectivity index (χ1v) is 8.91. The number of aryl methyl sites for hydroxylation is 1. The highest BCUT2D eigenvalue weighted by Gasteiger charge is 2.31. The lowest BCUT2D eigenvalue weighted by Gasteiger charge is -2.30. The lowest BCUT2D eigenvalue weighted by molar-refractivity contribution is -0.141. The van der Waals surface area contributed by atoms with Gasteiger partial charge in [0.05, 0.1) is 6.61 Å². The summed E-state index contributed by atoms with van der Waals surface area (Å²) in [6.07, 6.45) is 4.13. The van der Waals surface area contributed by atoms with E-state index in [-0.39, 0.29) is 24.2 Å². The molecule has 0 spiro atoms. The molecular formula is C22H20N2O3. The minimum atomic E-state index is -0.306. The predicted octanol–water partition coefficient (Wildman–Crippen LogP) is 4.03. The van der Waals surface area contributed by atoms with E-state index in [9.17, 15) is 9.90 Å². The van der Waals surface area contributed by atoms with Crippen molar-refractivity contribution in [1.29, 1.82) is 0 Å². The fourth-order valence-corrected chi connectivity index (χ4v) is 3.92. The largest absolute Gasteiger partial charge is 0.507 e. The Bertz CT molecular complexity index is 1020. The smallest absolute Gasteiger partial charge is 0.302 e. The number of ether oxygens (including phenoxy) is 1. The summed E-state index contributed by atoms with van der Waals surface area (Å²) in [7, 11) is 0. The molecule has 5 heteroatoms. The Kier molecular flexibility index (Phi) is 4.36. The first-order valence-electron chi connectivity index (χ1n) is 8.91. The number of hydrogen-bond donors (Lipinski definition) is 1. The molecule has 0 saturated carbocycles. The summed E-state index contributed by atoms with van der Waals surface area (Å²) in [4.78, 5) is 20.2. The van der Waals surface area contributed by atoms with Crippen molar-refractivity contribution in [3.05, 3.63) is 65.5 Å². The maximum Gasteiger partial charge on any atom is 0.302 e. The van der Waals surface area contributed by atoms with Crippen molar-refractivity contribution in [3.63, 3.8) is 0 Å². The molecule has 136 valence electrons.